The number of hydrogen-bond acceptors (Lipinski definition) is 3. The lowest BCUT2D eigenvalue weighted by Crippen LogP contribution is -1.99. The van der Waals surface area contributed by atoms with E-state index in [1.54, 1.807) is 24.3 Å². The molecule has 0 fully saturated rings. The van der Waals surface area contributed by atoms with Crippen LogP contribution in [0.1, 0.15) is 5.56 Å². The molecule has 0 spiro atoms. The largest absolute Gasteiger partial charge is 0.437 e. The van der Waals surface area contributed by atoms with Crippen molar-refractivity contribution in [2.24, 2.45) is 5.73 Å². The van der Waals surface area contributed by atoms with E-state index in [-0.39, 0.29) is 0 Å². The van der Waals surface area contributed by atoms with Crippen LogP contribution in [0.2, 0.25) is 15.1 Å². The molecule has 0 radical (unpaired) electrons. The van der Waals surface area contributed by atoms with E-state index in [0.717, 1.165) is 5.56 Å². The van der Waals surface area contributed by atoms with Gasteiger partial charge in [-0.15, -0.1) is 0 Å². The number of benzene rings is 1. The molecule has 0 bridgehead atoms. The molecule has 18 heavy (non-hydrogen) atoms. The van der Waals surface area contributed by atoms with Crippen molar-refractivity contribution in [3.05, 3.63) is 51.1 Å². The van der Waals surface area contributed by atoms with Gasteiger partial charge in [0, 0.05) is 18.8 Å². The van der Waals surface area contributed by atoms with Crippen LogP contribution < -0.4 is 10.5 Å². The molecule has 0 aliphatic rings. The molecule has 0 saturated carbocycles. The Hall–Kier alpha value is -1.000. The molecule has 2 N–H and O–H groups in total. The summed E-state index contributed by atoms with van der Waals surface area (Å²) in [5.74, 6) is 0.797. The minimum Gasteiger partial charge on any atom is -0.437 e. The van der Waals surface area contributed by atoms with Gasteiger partial charge in [-0.3, -0.25) is 0 Å². The van der Waals surface area contributed by atoms with Gasteiger partial charge in [0.1, 0.15) is 10.8 Å². The number of aromatic nitrogens is 1. The van der Waals surface area contributed by atoms with Gasteiger partial charge < -0.3 is 10.5 Å². The molecule has 0 amide bonds. The number of pyridine rings is 1. The number of ether oxygens (including phenoxy) is 1. The fourth-order valence-electron chi connectivity index (χ4n) is 1.35. The quantitative estimate of drug-likeness (QED) is 0.920. The van der Waals surface area contributed by atoms with Crippen LogP contribution in [0, 0.1) is 0 Å². The van der Waals surface area contributed by atoms with Crippen LogP contribution in [0.5, 0.6) is 11.6 Å². The van der Waals surface area contributed by atoms with Gasteiger partial charge in [-0.25, -0.2) is 4.98 Å². The van der Waals surface area contributed by atoms with E-state index in [1.165, 1.54) is 6.20 Å². The Kier molecular flexibility index (Phi) is 4.30. The molecule has 2 aromatic rings. The fourth-order valence-corrected chi connectivity index (χ4v) is 1.86. The molecule has 94 valence electrons. The van der Waals surface area contributed by atoms with Crippen molar-refractivity contribution >= 4 is 34.8 Å². The average Bonchev–Trinajstić information content (AvgIpc) is 2.37. The van der Waals surface area contributed by atoms with E-state index in [9.17, 15) is 0 Å². The summed E-state index contributed by atoms with van der Waals surface area (Å²) in [6, 6.07) is 6.78. The number of hydrogen-bond donors (Lipinski definition) is 1. The summed E-state index contributed by atoms with van der Waals surface area (Å²) in [5.41, 5.74) is 6.30. The molecular formula is C12H9Cl3N2O. The van der Waals surface area contributed by atoms with Crippen molar-refractivity contribution in [1.82, 2.24) is 4.98 Å². The summed E-state index contributed by atoms with van der Waals surface area (Å²) >= 11 is 17.8. The Labute approximate surface area is 119 Å². The van der Waals surface area contributed by atoms with Crippen LogP contribution in [0.15, 0.2) is 30.5 Å². The second-order valence-corrected chi connectivity index (χ2v) is 4.66. The molecule has 1 aromatic heterocycles. The highest BCUT2D eigenvalue weighted by Crippen LogP contribution is 2.34. The molecular weight excluding hydrogens is 295 g/mol. The monoisotopic (exact) mass is 302 g/mol. The zero-order valence-corrected chi connectivity index (χ0v) is 11.4. The third kappa shape index (κ3) is 2.87. The first-order valence-corrected chi connectivity index (χ1v) is 6.21. The van der Waals surface area contributed by atoms with Crippen molar-refractivity contribution in [3.8, 4) is 11.6 Å². The van der Waals surface area contributed by atoms with E-state index in [4.69, 9.17) is 45.3 Å². The summed E-state index contributed by atoms with van der Waals surface area (Å²) in [6.45, 7) is 0.307. The van der Waals surface area contributed by atoms with Gasteiger partial charge in [-0.1, -0.05) is 40.9 Å². The number of nitrogens with two attached hydrogens (primary N) is 1. The van der Waals surface area contributed by atoms with Gasteiger partial charge in [0.05, 0.1) is 10.0 Å². The Morgan fingerprint density at radius 2 is 1.94 bits per heavy atom. The minimum atomic E-state index is 0.307. The van der Waals surface area contributed by atoms with Crippen LogP contribution in [-0.4, -0.2) is 4.98 Å². The predicted molar refractivity (Wildman–Crippen MR) is 73.7 cm³/mol. The fraction of sp³-hybridized carbons (Fsp3) is 0.0833. The molecule has 1 heterocycles. The maximum atomic E-state index is 6.01. The molecule has 0 unspecified atom stereocenters. The first kappa shape index (κ1) is 13.4. The van der Waals surface area contributed by atoms with Crippen molar-refractivity contribution in [3.63, 3.8) is 0 Å². The van der Waals surface area contributed by atoms with Crippen LogP contribution in [0.3, 0.4) is 0 Å². The summed E-state index contributed by atoms with van der Waals surface area (Å²) in [6.07, 6.45) is 1.48. The molecule has 6 heteroatoms. The molecule has 3 nitrogen and oxygen atoms in total. The highest BCUT2D eigenvalue weighted by Gasteiger charge is 2.09. The smallest absolute Gasteiger partial charge is 0.219 e. The van der Waals surface area contributed by atoms with E-state index < -0.39 is 0 Å². The first-order chi connectivity index (χ1) is 8.61. The Bertz CT molecular complexity index is 575. The molecule has 0 saturated heterocycles. The Morgan fingerprint density at radius 1 is 1.17 bits per heavy atom. The van der Waals surface area contributed by atoms with Crippen molar-refractivity contribution in [1.29, 1.82) is 0 Å². The molecule has 0 aliphatic heterocycles. The second-order valence-electron chi connectivity index (χ2n) is 3.47. The second kappa shape index (κ2) is 5.76. The van der Waals surface area contributed by atoms with Gasteiger partial charge >= 0.3 is 0 Å². The molecule has 1 aromatic carbocycles. The highest BCUT2D eigenvalue weighted by molar-refractivity contribution is 6.42. The number of halogens is 3. The highest BCUT2D eigenvalue weighted by atomic mass is 35.5. The van der Waals surface area contributed by atoms with Crippen molar-refractivity contribution in [2.75, 3.05) is 0 Å². The SMILES string of the molecule is NCc1cc(Oc2cccc(Cl)c2Cl)ncc1Cl. The van der Waals surface area contributed by atoms with Gasteiger partial charge in [0.25, 0.3) is 0 Å². The third-order valence-electron chi connectivity index (χ3n) is 2.26. The summed E-state index contributed by atoms with van der Waals surface area (Å²) in [7, 11) is 0. The normalized spacial score (nSPS) is 10.4. The summed E-state index contributed by atoms with van der Waals surface area (Å²) in [4.78, 5) is 4.04. The van der Waals surface area contributed by atoms with E-state index in [0.29, 0.717) is 33.2 Å². The zero-order chi connectivity index (χ0) is 13.1. The standard InChI is InChI=1S/C12H9Cl3N2O/c13-8-2-1-3-10(12(8)15)18-11-4-7(5-16)9(14)6-17-11/h1-4,6H,5,16H2. The topological polar surface area (TPSA) is 48.1 Å². The van der Waals surface area contributed by atoms with E-state index in [2.05, 4.69) is 4.98 Å². The van der Waals surface area contributed by atoms with Crippen LogP contribution in [0.4, 0.5) is 0 Å². The molecule has 0 aliphatic carbocycles. The van der Waals surface area contributed by atoms with Gasteiger partial charge in [-0.2, -0.15) is 0 Å². The average molecular weight is 304 g/mol. The van der Waals surface area contributed by atoms with Crippen LogP contribution in [0.25, 0.3) is 0 Å². The number of nitrogens with zero attached hydrogens (tertiary/aromatic N) is 1. The first-order valence-electron chi connectivity index (χ1n) is 5.08. The lowest BCUT2D eigenvalue weighted by atomic mass is 10.2. The molecule has 2 rings (SSSR count). The Morgan fingerprint density at radius 3 is 2.67 bits per heavy atom. The van der Waals surface area contributed by atoms with Gasteiger partial charge in [-0.05, 0) is 17.7 Å². The van der Waals surface area contributed by atoms with Crippen molar-refractivity contribution < 1.29 is 4.74 Å². The lowest BCUT2D eigenvalue weighted by Gasteiger charge is -2.09. The van der Waals surface area contributed by atoms with E-state index >= 15 is 0 Å². The van der Waals surface area contributed by atoms with Gasteiger partial charge in [0.15, 0.2) is 0 Å². The summed E-state index contributed by atoms with van der Waals surface area (Å²) < 4.78 is 5.55. The maximum Gasteiger partial charge on any atom is 0.219 e. The van der Waals surface area contributed by atoms with Crippen LogP contribution >= 0.6 is 34.8 Å². The minimum absolute atomic E-state index is 0.307. The van der Waals surface area contributed by atoms with Crippen molar-refractivity contribution in [2.45, 2.75) is 6.54 Å². The Balaban J connectivity index is 2.31. The zero-order valence-electron chi connectivity index (χ0n) is 9.16. The molecule has 0 atom stereocenters. The van der Waals surface area contributed by atoms with Crippen LogP contribution in [-0.2, 0) is 6.54 Å². The predicted octanol–water partition coefficient (Wildman–Crippen LogP) is 4.29. The maximum absolute atomic E-state index is 6.01. The number of rotatable bonds is 3. The van der Waals surface area contributed by atoms with E-state index in [1.807, 2.05) is 0 Å². The third-order valence-corrected chi connectivity index (χ3v) is 3.40. The summed E-state index contributed by atoms with van der Waals surface area (Å²) in [5, 5.41) is 1.26. The lowest BCUT2D eigenvalue weighted by molar-refractivity contribution is 0.462. The van der Waals surface area contributed by atoms with Gasteiger partial charge in [0.2, 0.25) is 5.88 Å².